The summed E-state index contributed by atoms with van der Waals surface area (Å²) in [4.78, 5) is 12.7. The Bertz CT molecular complexity index is 805. The first-order valence-electron chi connectivity index (χ1n) is 6.57. The SMILES string of the molecule is COc1ccc(C(=O)n2ccc3ccccc32)c(OC)c1. The first kappa shape index (κ1) is 13.2. The molecule has 0 aliphatic carbocycles. The third-order valence-corrected chi connectivity index (χ3v) is 3.46. The second-order valence-corrected chi connectivity index (χ2v) is 4.62. The standard InChI is InChI=1S/C17H15NO3/c1-20-13-7-8-14(16(11-13)21-2)17(19)18-10-9-12-5-3-4-6-15(12)18/h3-11H,1-2H3. The predicted octanol–water partition coefficient (Wildman–Crippen LogP) is 3.35. The van der Waals surface area contributed by atoms with Crippen LogP contribution in [0.2, 0.25) is 0 Å². The van der Waals surface area contributed by atoms with Crippen LogP contribution in [0.15, 0.2) is 54.7 Å². The van der Waals surface area contributed by atoms with Crippen molar-refractivity contribution < 1.29 is 14.3 Å². The van der Waals surface area contributed by atoms with Gasteiger partial charge in [0.2, 0.25) is 0 Å². The van der Waals surface area contributed by atoms with Crippen LogP contribution in [0.3, 0.4) is 0 Å². The van der Waals surface area contributed by atoms with Gasteiger partial charge in [-0.15, -0.1) is 0 Å². The normalized spacial score (nSPS) is 10.6. The summed E-state index contributed by atoms with van der Waals surface area (Å²) in [6.07, 6.45) is 1.77. The maximum atomic E-state index is 12.7. The fourth-order valence-electron chi connectivity index (χ4n) is 2.37. The summed E-state index contributed by atoms with van der Waals surface area (Å²) in [5.74, 6) is 1.02. The van der Waals surface area contributed by atoms with E-state index in [-0.39, 0.29) is 5.91 Å². The van der Waals surface area contributed by atoms with Gasteiger partial charge in [-0.2, -0.15) is 0 Å². The van der Waals surface area contributed by atoms with Crippen LogP contribution in [0.1, 0.15) is 10.4 Å². The number of methoxy groups -OCH3 is 2. The molecule has 0 N–H and O–H groups in total. The number of rotatable bonds is 3. The summed E-state index contributed by atoms with van der Waals surface area (Å²) < 4.78 is 12.1. The van der Waals surface area contributed by atoms with Crippen molar-refractivity contribution >= 4 is 16.8 Å². The molecular weight excluding hydrogens is 266 g/mol. The predicted molar refractivity (Wildman–Crippen MR) is 81.2 cm³/mol. The van der Waals surface area contributed by atoms with E-state index in [1.165, 1.54) is 0 Å². The average Bonchev–Trinajstić information content (AvgIpc) is 2.97. The summed E-state index contributed by atoms with van der Waals surface area (Å²) in [6, 6.07) is 14.9. The molecule has 0 unspecified atom stereocenters. The maximum absolute atomic E-state index is 12.7. The van der Waals surface area contributed by atoms with Gasteiger partial charge >= 0.3 is 0 Å². The molecule has 0 fully saturated rings. The Morgan fingerprint density at radius 1 is 1.00 bits per heavy atom. The minimum atomic E-state index is -0.129. The Balaban J connectivity index is 2.10. The summed E-state index contributed by atoms with van der Waals surface area (Å²) >= 11 is 0. The molecule has 4 nitrogen and oxygen atoms in total. The van der Waals surface area contributed by atoms with Crippen molar-refractivity contribution in [3.05, 3.63) is 60.3 Å². The molecule has 4 heteroatoms. The van der Waals surface area contributed by atoms with Crippen molar-refractivity contribution in [2.45, 2.75) is 0 Å². The van der Waals surface area contributed by atoms with Gasteiger partial charge in [-0.3, -0.25) is 9.36 Å². The molecule has 0 aliphatic rings. The smallest absolute Gasteiger partial charge is 0.266 e. The molecule has 0 amide bonds. The maximum Gasteiger partial charge on any atom is 0.266 e. The van der Waals surface area contributed by atoms with Crippen molar-refractivity contribution in [3.8, 4) is 11.5 Å². The van der Waals surface area contributed by atoms with Gasteiger partial charge in [0.25, 0.3) is 5.91 Å². The molecule has 1 heterocycles. The van der Waals surface area contributed by atoms with Gasteiger partial charge in [-0.1, -0.05) is 18.2 Å². The van der Waals surface area contributed by atoms with Gasteiger partial charge in [-0.05, 0) is 24.3 Å². The molecule has 3 aromatic rings. The quantitative estimate of drug-likeness (QED) is 0.739. The average molecular weight is 281 g/mol. The minimum absolute atomic E-state index is 0.129. The number of hydrogen-bond acceptors (Lipinski definition) is 3. The van der Waals surface area contributed by atoms with Crippen molar-refractivity contribution in [2.24, 2.45) is 0 Å². The third-order valence-electron chi connectivity index (χ3n) is 3.46. The molecule has 21 heavy (non-hydrogen) atoms. The van der Waals surface area contributed by atoms with Gasteiger partial charge in [0, 0.05) is 17.6 Å². The highest BCUT2D eigenvalue weighted by Gasteiger charge is 2.16. The van der Waals surface area contributed by atoms with E-state index in [1.54, 1.807) is 43.2 Å². The van der Waals surface area contributed by atoms with Gasteiger partial charge in [0.1, 0.15) is 11.5 Å². The van der Waals surface area contributed by atoms with E-state index in [4.69, 9.17) is 9.47 Å². The molecule has 106 valence electrons. The van der Waals surface area contributed by atoms with Crippen molar-refractivity contribution in [1.82, 2.24) is 4.57 Å². The van der Waals surface area contributed by atoms with Crippen molar-refractivity contribution in [2.75, 3.05) is 14.2 Å². The molecule has 3 rings (SSSR count). The van der Waals surface area contributed by atoms with Crippen LogP contribution in [0.4, 0.5) is 0 Å². The molecule has 0 aliphatic heterocycles. The fraction of sp³-hybridized carbons (Fsp3) is 0.118. The largest absolute Gasteiger partial charge is 0.497 e. The lowest BCUT2D eigenvalue weighted by Gasteiger charge is -2.10. The molecule has 0 radical (unpaired) electrons. The number of aromatic nitrogens is 1. The lowest BCUT2D eigenvalue weighted by atomic mass is 10.1. The van der Waals surface area contributed by atoms with E-state index in [0.717, 1.165) is 10.9 Å². The van der Waals surface area contributed by atoms with Crippen LogP contribution in [-0.2, 0) is 0 Å². The van der Waals surface area contributed by atoms with Gasteiger partial charge in [0.05, 0.1) is 25.3 Å². The van der Waals surface area contributed by atoms with Crippen molar-refractivity contribution in [1.29, 1.82) is 0 Å². The zero-order chi connectivity index (χ0) is 14.8. The van der Waals surface area contributed by atoms with Crippen LogP contribution < -0.4 is 9.47 Å². The minimum Gasteiger partial charge on any atom is -0.497 e. The van der Waals surface area contributed by atoms with Crippen LogP contribution in [0, 0.1) is 0 Å². The second kappa shape index (κ2) is 5.32. The number of hydrogen-bond donors (Lipinski definition) is 0. The van der Waals surface area contributed by atoms with Crippen LogP contribution in [0.25, 0.3) is 10.9 Å². The highest BCUT2D eigenvalue weighted by atomic mass is 16.5. The first-order valence-corrected chi connectivity index (χ1v) is 6.57. The Morgan fingerprint density at radius 3 is 2.57 bits per heavy atom. The fourth-order valence-corrected chi connectivity index (χ4v) is 2.37. The van der Waals surface area contributed by atoms with E-state index in [2.05, 4.69) is 0 Å². The molecular formula is C17H15NO3. The zero-order valence-corrected chi connectivity index (χ0v) is 11.9. The van der Waals surface area contributed by atoms with E-state index in [0.29, 0.717) is 17.1 Å². The Hall–Kier alpha value is -2.75. The lowest BCUT2D eigenvalue weighted by molar-refractivity contribution is 0.0962. The third kappa shape index (κ3) is 2.25. The number of ether oxygens (including phenoxy) is 2. The van der Waals surface area contributed by atoms with E-state index in [9.17, 15) is 4.79 Å². The summed E-state index contributed by atoms with van der Waals surface area (Å²) in [7, 11) is 3.12. The van der Waals surface area contributed by atoms with E-state index < -0.39 is 0 Å². The summed E-state index contributed by atoms with van der Waals surface area (Å²) in [5.41, 5.74) is 1.38. The summed E-state index contributed by atoms with van der Waals surface area (Å²) in [5, 5.41) is 1.03. The second-order valence-electron chi connectivity index (χ2n) is 4.62. The lowest BCUT2D eigenvalue weighted by Crippen LogP contribution is -2.12. The molecule has 0 atom stereocenters. The van der Waals surface area contributed by atoms with Gasteiger partial charge in [-0.25, -0.2) is 0 Å². The Labute approximate surface area is 122 Å². The molecule has 0 bridgehead atoms. The number of nitrogens with zero attached hydrogens (tertiary/aromatic N) is 1. The Kier molecular flexibility index (Phi) is 3.36. The number of fused-ring (bicyclic) bond motifs is 1. The molecule has 0 saturated heterocycles. The number of benzene rings is 2. The van der Waals surface area contributed by atoms with Crippen LogP contribution >= 0.6 is 0 Å². The monoisotopic (exact) mass is 281 g/mol. The highest BCUT2D eigenvalue weighted by molar-refractivity contribution is 6.03. The van der Waals surface area contributed by atoms with Crippen LogP contribution in [0.5, 0.6) is 11.5 Å². The van der Waals surface area contributed by atoms with E-state index in [1.807, 2.05) is 30.3 Å². The molecule has 2 aromatic carbocycles. The van der Waals surface area contributed by atoms with Crippen LogP contribution in [-0.4, -0.2) is 24.7 Å². The van der Waals surface area contributed by atoms with Gasteiger partial charge < -0.3 is 9.47 Å². The number of carbonyl (C=O) groups is 1. The zero-order valence-electron chi connectivity index (χ0n) is 11.9. The van der Waals surface area contributed by atoms with E-state index >= 15 is 0 Å². The topological polar surface area (TPSA) is 40.5 Å². The number of carbonyl (C=O) groups excluding carboxylic acids is 1. The van der Waals surface area contributed by atoms with Crippen molar-refractivity contribution in [3.63, 3.8) is 0 Å². The molecule has 1 aromatic heterocycles. The first-order chi connectivity index (χ1) is 10.2. The molecule has 0 saturated carbocycles. The summed E-state index contributed by atoms with van der Waals surface area (Å²) in [6.45, 7) is 0. The number of para-hydroxylation sites is 1. The Morgan fingerprint density at radius 2 is 1.81 bits per heavy atom. The highest BCUT2D eigenvalue weighted by Crippen LogP contribution is 2.26. The molecule has 0 spiro atoms. The van der Waals surface area contributed by atoms with Gasteiger partial charge in [0.15, 0.2) is 0 Å².